The molecule has 0 saturated heterocycles. The third-order valence-electron chi connectivity index (χ3n) is 3.11. The first-order valence-corrected chi connectivity index (χ1v) is 6.87. The van der Waals surface area contributed by atoms with Gasteiger partial charge in [0.05, 0.1) is 0 Å². The summed E-state index contributed by atoms with van der Waals surface area (Å²) in [6.07, 6.45) is 1.70. The Hall–Kier alpha value is -1.46. The van der Waals surface area contributed by atoms with Gasteiger partial charge in [0.2, 0.25) is 0 Å². The molecule has 2 aromatic heterocycles. The van der Waals surface area contributed by atoms with E-state index in [1.54, 1.807) is 6.20 Å². The van der Waals surface area contributed by atoms with Crippen molar-refractivity contribution >= 4 is 28.3 Å². The zero-order valence-electron chi connectivity index (χ0n) is 11.2. The summed E-state index contributed by atoms with van der Waals surface area (Å²) in [4.78, 5) is 6.58. The number of hydrogen-bond acceptors (Lipinski definition) is 5. The molecule has 0 fully saturated rings. The summed E-state index contributed by atoms with van der Waals surface area (Å²) in [5.74, 6) is 0.736. The van der Waals surface area contributed by atoms with Gasteiger partial charge in [-0.05, 0) is 25.2 Å². The molecule has 0 spiro atoms. The van der Waals surface area contributed by atoms with Crippen molar-refractivity contribution in [1.29, 1.82) is 0 Å². The molecule has 0 aliphatic heterocycles. The van der Waals surface area contributed by atoms with Crippen molar-refractivity contribution in [2.45, 2.75) is 13.8 Å². The predicted octanol–water partition coefficient (Wildman–Crippen LogP) is 2.43. The molecule has 5 nitrogen and oxygen atoms in total. The third-order valence-corrected chi connectivity index (χ3v) is 3.37. The number of nitrogens with zero attached hydrogens (tertiary/aromatic N) is 4. The molecule has 0 amide bonds. The second-order valence-electron chi connectivity index (χ2n) is 4.19. The van der Waals surface area contributed by atoms with E-state index in [-0.39, 0.29) is 0 Å². The first-order valence-electron chi connectivity index (χ1n) is 6.49. The summed E-state index contributed by atoms with van der Waals surface area (Å²) >= 11 is 5.99. The molecule has 0 saturated carbocycles. The molecule has 0 radical (unpaired) electrons. The van der Waals surface area contributed by atoms with Crippen LogP contribution in [0.3, 0.4) is 0 Å². The summed E-state index contributed by atoms with van der Waals surface area (Å²) in [6, 6.07) is 3.82. The van der Waals surface area contributed by atoms with Crippen LogP contribution in [0.4, 0.5) is 5.82 Å². The van der Waals surface area contributed by atoms with E-state index in [0.29, 0.717) is 10.7 Å². The number of rotatable bonds is 6. The monoisotopic (exact) mass is 279 g/mol. The molecule has 2 heterocycles. The Balaban J connectivity index is 2.11. The standard InChI is InChI=1S/C13H18ClN5/c1-3-19(4-2)9-8-16-13-10-6-5-7-15-11(10)12(14)17-18-13/h5-7H,3-4,8-9H2,1-2H3,(H,16,18). The molecule has 102 valence electrons. The van der Waals surface area contributed by atoms with Gasteiger partial charge in [-0.1, -0.05) is 25.4 Å². The smallest absolute Gasteiger partial charge is 0.178 e. The maximum Gasteiger partial charge on any atom is 0.178 e. The van der Waals surface area contributed by atoms with Crippen molar-refractivity contribution < 1.29 is 0 Å². The van der Waals surface area contributed by atoms with Crippen LogP contribution in [-0.4, -0.2) is 46.3 Å². The van der Waals surface area contributed by atoms with Crippen molar-refractivity contribution in [3.63, 3.8) is 0 Å². The highest BCUT2D eigenvalue weighted by molar-refractivity contribution is 6.33. The molecule has 0 atom stereocenters. The Kier molecular flexibility index (Phi) is 4.87. The zero-order chi connectivity index (χ0) is 13.7. The number of pyridine rings is 1. The molecule has 0 aliphatic carbocycles. The Morgan fingerprint density at radius 3 is 2.79 bits per heavy atom. The van der Waals surface area contributed by atoms with E-state index in [2.05, 4.69) is 39.2 Å². The molecule has 0 aromatic carbocycles. The third kappa shape index (κ3) is 3.30. The molecule has 2 rings (SSSR count). The average Bonchev–Trinajstić information content (AvgIpc) is 2.46. The van der Waals surface area contributed by atoms with Crippen LogP contribution in [0, 0.1) is 0 Å². The summed E-state index contributed by atoms with van der Waals surface area (Å²) in [6.45, 7) is 8.20. The Morgan fingerprint density at radius 2 is 2.05 bits per heavy atom. The Bertz CT molecular complexity index is 542. The lowest BCUT2D eigenvalue weighted by Crippen LogP contribution is -2.28. The molecule has 2 aromatic rings. The van der Waals surface area contributed by atoms with Crippen LogP contribution >= 0.6 is 11.6 Å². The minimum Gasteiger partial charge on any atom is -0.367 e. The lowest BCUT2D eigenvalue weighted by molar-refractivity contribution is 0.316. The lowest BCUT2D eigenvalue weighted by Gasteiger charge is -2.18. The van der Waals surface area contributed by atoms with Gasteiger partial charge in [0.1, 0.15) is 5.52 Å². The molecule has 19 heavy (non-hydrogen) atoms. The van der Waals surface area contributed by atoms with Crippen LogP contribution in [0.2, 0.25) is 5.15 Å². The van der Waals surface area contributed by atoms with E-state index < -0.39 is 0 Å². The van der Waals surface area contributed by atoms with Gasteiger partial charge in [-0.2, -0.15) is 0 Å². The van der Waals surface area contributed by atoms with Crippen LogP contribution in [0.5, 0.6) is 0 Å². The normalized spacial score (nSPS) is 11.2. The van der Waals surface area contributed by atoms with Gasteiger partial charge >= 0.3 is 0 Å². The molecule has 0 bridgehead atoms. The first kappa shape index (κ1) is 14.0. The van der Waals surface area contributed by atoms with E-state index in [4.69, 9.17) is 11.6 Å². The zero-order valence-corrected chi connectivity index (χ0v) is 12.0. The minimum atomic E-state index is 0.338. The number of halogens is 1. The number of anilines is 1. The highest BCUT2D eigenvalue weighted by Gasteiger charge is 2.08. The van der Waals surface area contributed by atoms with E-state index in [9.17, 15) is 0 Å². The van der Waals surface area contributed by atoms with Crippen molar-refractivity contribution in [3.8, 4) is 0 Å². The molecule has 6 heteroatoms. The molecule has 1 N–H and O–H groups in total. The Labute approximate surface area is 118 Å². The van der Waals surface area contributed by atoms with Crippen molar-refractivity contribution in [2.75, 3.05) is 31.5 Å². The van der Waals surface area contributed by atoms with Crippen LogP contribution < -0.4 is 5.32 Å². The quantitative estimate of drug-likeness (QED) is 0.880. The highest BCUT2D eigenvalue weighted by Crippen LogP contribution is 2.23. The second-order valence-corrected chi connectivity index (χ2v) is 4.55. The van der Waals surface area contributed by atoms with Gasteiger partial charge < -0.3 is 10.2 Å². The van der Waals surface area contributed by atoms with Gasteiger partial charge in [0.15, 0.2) is 11.0 Å². The molecular formula is C13H18ClN5. The number of likely N-dealkylation sites (N-methyl/N-ethyl adjacent to an activating group) is 1. The van der Waals surface area contributed by atoms with Gasteiger partial charge in [-0.3, -0.25) is 4.98 Å². The van der Waals surface area contributed by atoms with Gasteiger partial charge in [0.25, 0.3) is 0 Å². The van der Waals surface area contributed by atoms with E-state index >= 15 is 0 Å². The Morgan fingerprint density at radius 1 is 1.26 bits per heavy atom. The molecular weight excluding hydrogens is 262 g/mol. The van der Waals surface area contributed by atoms with Gasteiger partial charge in [-0.25, -0.2) is 0 Å². The summed E-state index contributed by atoms with van der Waals surface area (Å²) in [5.41, 5.74) is 0.685. The molecule has 0 aliphatic rings. The maximum atomic E-state index is 5.99. The van der Waals surface area contributed by atoms with Crippen molar-refractivity contribution in [2.24, 2.45) is 0 Å². The maximum absolute atomic E-state index is 5.99. The van der Waals surface area contributed by atoms with E-state index in [1.165, 1.54) is 0 Å². The summed E-state index contributed by atoms with van der Waals surface area (Å²) in [5, 5.41) is 12.6. The van der Waals surface area contributed by atoms with Crippen LogP contribution in [0.15, 0.2) is 18.3 Å². The average molecular weight is 280 g/mol. The number of aromatic nitrogens is 3. The largest absolute Gasteiger partial charge is 0.367 e. The predicted molar refractivity (Wildman–Crippen MR) is 78.6 cm³/mol. The fourth-order valence-corrected chi connectivity index (χ4v) is 2.15. The minimum absolute atomic E-state index is 0.338. The van der Waals surface area contributed by atoms with Crippen LogP contribution in [0.25, 0.3) is 10.9 Å². The van der Waals surface area contributed by atoms with E-state index in [1.807, 2.05) is 12.1 Å². The number of nitrogens with one attached hydrogen (secondary N) is 1. The topological polar surface area (TPSA) is 53.9 Å². The lowest BCUT2D eigenvalue weighted by atomic mass is 10.3. The number of hydrogen-bond donors (Lipinski definition) is 1. The second kappa shape index (κ2) is 6.63. The SMILES string of the molecule is CCN(CC)CCNc1nnc(Cl)c2ncccc12. The van der Waals surface area contributed by atoms with Gasteiger partial charge in [-0.15, -0.1) is 10.2 Å². The summed E-state index contributed by atoms with van der Waals surface area (Å²) < 4.78 is 0. The molecule has 0 unspecified atom stereocenters. The number of fused-ring (bicyclic) bond motifs is 1. The summed E-state index contributed by atoms with van der Waals surface area (Å²) in [7, 11) is 0. The van der Waals surface area contributed by atoms with Crippen LogP contribution in [0.1, 0.15) is 13.8 Å². The fourth-order valence-electron chi connectivity index (χ4n) is 1.96. The van der Waals surface area contributed by atoms with Gasteiger partial charge in [0, 0.05) is 24.7 Å². The van der Waals surface area contributed by atoms with E-state index in [0.717, 1.165) is 37.4 Å². The van der Waals surface area contributed by atoms with Crippen molar-refractivity contribution in [1.82, 2.24) is 20.1 Å². The highest BCUT2D eigenvalue weighted by atomic mass is 35.5. The van der Waals surface area contributed by atoms with Crippen LogP contribution in [-0.2, 0) is 0 Å². The first-order chi connectivity index (χ1) is 9.26. The fraction of sp³-hybridized carbons (Fsp3) is 0.462. The van der Waals surface area contributed by atoms with Crippen molar-refractivity contribution in [3.05, 3.63) is 23.5 Å².